The number of rotatable bonds is 8. The van der Waals surface area contributed by atoms with Crippen LogP contribution in [0.15, 0.2) is 34.6 Å². The molecule has 0 radical (unpaired) electrons. The van der Waals surface area contributed by atoms with E-state index in [0.29, 0.717) is 35.1 Å². The van der Waals surface area contributed by atoms with Crippen molar-refractivity contribution in [3.05, 3.63) is 40.6 Å². The molecular weight excluding hydrogens is 548 g/mol. The monoisotopic (exact) mass is 568 g/mol. The van der Waals surface area contributed by atoms with E-state index in [1.165, 1.54) is 46.4 Å². The van der Waals surface area contributed by atoms with Gasteiger partial charge in [-0.1, -0.05) is 23.9 Å². The molecule has 4 heterocycles. The standard InChI is InChI=1S/C20H20N6O8S3/c1-25-20(22-23-24-25)36-8-11-7-35-18-13(17(28)26(18)14(11)19(29)30)21-16(27)15(37(31,32)33)10-2-3-12-9(6-10)4-5-34-12/h2-3,6,13,15,18H,4-5,7-8H2,1H3,(H,21,27)(H,29,30)(H,31,32,33). The Labute approximate surface area is 218 Å². The highest BCUT2D eigenvalue weighted by Gasteiger charge is 2.55. The number of tetrazole rings is 1. The van der Waals surface area contributed by atoms with E-state index in [9.17, 15) is 32.5 Å². The molecule has 2 aromatic rings. The van der Waals surface area contributed by atoms with Crippen LogP contribution < -0.4 is 10.1 Å². The van der Waals surface area contributed by atoms with E-state index >= 15 is 0 Å². The predicted octanol–water partition coefficient (Wildman–Crippen LogP) is -0.395. The molecule has 14 nitrogen and oxygen atoms in total. The van der Waals surface area contributed by atoms with Crippen LogP contribution in [0.4, 0.5) is 0 Å². The third-order valence-corrected chi connectivity index (χ3v) is 9.58. The van der Waals surface area contributed by atoms with Gasteiger partial charge in [0.2, 0.25) is 11.1 Å². The second-order valence-electron chi connectivity index (χ2n) is 8.39. The molecule has 3 aliphatic heterocycles. The zero-order valence-corrected chi connectivity index (χ0v) is 21.5. The number of aryl methyl sites for hydroxylation is 1. The van der Waals surface area contributed by atoms with Gasteiger partial charge in [0.25, 0.3) is 16.0 Å². The van der Waals surface area contributed by atoms with Crippen LogP contribution in [-0.4, -0.2) is 90.5 Å². The van der Waals surface area contributed by atoms with E-state index in [-0.39, 0.29) is 22.8 Å². The molecule has 5 rings (SSSR count). The maximum Gasteiger partial charge on any atom is 0.352 e. The van der Waals surface area contributed by atoms with Gasteiger partial charge in [-0.3, -0.25) is 19.0 Å². The van der Waals surface area contributed by atoms with Crippen molar-refractivity contribution < 1.29 is 37.2 Å². The van der Waals surface area contributed by atoms with Crippen molar-refractivity contribution >= 4 is 51.4 Å². The first-order valence-electron chi connectivity index (χ1n) is 10.8. The number of ether oxygens (including phenoxy) is 1. The van der Waals surface area contributed by atoms with Crippen LogP contribution in [0.2, 0.25) is 0 Å². The first kappa shape index (κ1) is 25.5. The SMILES string of the molecule is Cn1nnnc1SCC1=C(C(=O)O)N2C(=O)C(NC(=O)C(c3ccc4c(c3)CCO4)S(=O)(=O)O)C2SC1. The van der Waals surface area contributed by atoms with Gasteiger partial charge in [-0.15, -0.1) is 16.9 Å². The summed E-state index contributed by atoms with van der Waals surface area (Å²) in [6.07, 6.45) is 0.524. The summed E-state index contributed by atoms with van der Waals surface area (Å²) >= 11 is 2.45. The van der Waals surface area contributed by atoms with Crippen molar-refractivity contribution in [3.8, 4) is 5.75 Å². The van der Waals surface area contributed by atoms with Gasteiger partial charge in [-0.05, 0) is 33.2 Å². The number of hydrogen-bond acceptors (Lipinski definition) is 11. The third-order valence-electron chi connectivity index (χ3n) is 6.06. The fraction of sp³-hybridized carbons (Fsp3) is 0.400. The molecule has 1 aromatic heterocycles. The van der Waals surface area contributed by atoms with Crippen LogP contribution in [0, 0.1) is 0 Å². The fourth-order valence-electron chi connectivity index (χ4n) is 4.35. The largest absolute Gasteiger partial charge is 0.493 e. The Morgan fingerprint density at radius 3 is 2.84 bits per heavy atom. The van der Waals surface area contributed by atoms with Crippen molar-refractivity contribution in [2.75, 3.05) is 18.1 Å². The number of carbonyl (C=O) groups excluding carboxylic acids is 2. The molecular formula is C20H20N6O8S3. The smallest absolute Gasteiger partial charge is 0.352 e. The zero-order valence-electron chi connectivity index (χ0n) is 19.1. The van der Waals surface area contributed by atoms with E-state index in [0.717, 1.165) is 4.90 Å². The average Bonchev–Trinajstić information content (AvgIpc) is 3.47. The summed E-state index contributed by atoms with van der Waals surface area (Å²) in [5.41, 5.74) is 1.03. The summed E-state index contributed by atoms with van der Waals surface area (Å²) < 4.78 is 41.0. The molecule has 37 heavy (non-hydrogen) atoms. The molecule has 3 atom stereocenters. The van der Waals surface area contributed by atoms with Gasteiger partial charge >= 0.3 is 5.97 Å². The number of carboxylic acid groups (broad SMARTS) is 1. The number of aromatic nitrogens is 4. The number of thioether (sulfide) groups is 2. The fourth-order valence-corrected chi connectivity index (χ4v) is 7.51. The third kappa shape index (κ3) is 4.67. The molecule has 3 unspecified atom stereocenters. The number of hydrogen-bond donors (Lipinski definition) is 3. The molecule has 0 spiro atoms. The van der Waals surface area contributed by atoms with Gasteiger partial charge in [0.1, 0.15) is 22.9 Å². The summed E-state index contributed by atoms with van der Waals surface area (Å²) in [5.74, 6) is -2.03. The first-order valence-corrected chi connectivity index (χ1v) is 14.4. The van der Waals surface area contributed by atoms with E-state index in [1.807, 2.05) is 0 Å². The Kier molecular flexibility index (Phi) is 6.63. The molecule has 17 heteroatoms. The van der Waals surface area contributed by atoms with Gasteiger partial charge in [0, 0.05) is 25.0 Å². The van der Waals surface area contributed by atoms with Crippen molar-refractivity contribution in [2.45, 2.75) is 28.2 Å². The number of nitrogens with zero attached hydrogens (tertiary/aromatic N) is 5. The van der Waals surface area contributed by atoms with Crippen LogP contribution >= 0.6 is 23.5 Å². The molecule has 1 fully saturated rings. The number of nitrogens with one attached hydrogen (secondary N) is 1. The summed E-state index contributed by atoms with van der Waals surface area (Å²) in [6, 6.07) is 3.21. The molecule has 3 N–H and O–H groups in total. The maximum absolute atomic E-state index is 13.0. The minimum atomic E-state index is -4.89. The summed E-state index contributed by atoms with van der Waals surface area (Å²) in [5, 5.41) is 21.1. The highest BCUT2D eigenvalue weighted by molar-refractivity contribution is 8.01. The average molecular weight is 569 g/mol. The van der Waals surface area contributed by atoms with E-state index < -0.39 is 44.6 Å². The molecule has 0 saturated carbocycles. The minimum absolute atomic E-state index is 0.0351. The number of benzene rings is 1. The van der Waals surface area contributed by atoms with Crippen LogP contribution in [-0.2, 0) is 38.0 Å². The van der Waals surface area contributed by atoms with Gasteiger partial charge in [0.05, 0.1) is 6.61 Å². The lowest BCUT2D eigenvalue weighted by molar-refractivity contribution is -0.150. The zero-order chi connectivity index (χ0) is 26.5. The van der Waals surface area contributed by atoms with Crippen molar-refractivity contribution in [2.24, 2.45) is 7.05 Å². The Morgan fingerprint density at radius 1 is 1.38 bits per heavy atom. The Balaban J connectivity index is 1.34. The topological polar surface area (TPSA) is 194 Å². The van der Waals surface area contributed by atoms with Crippen LogP contribution in [0.25, 0.3) is 0 Å². The molecule has 1 saturated heterocycles. The Hall–Kier alpha value is -3.15. The lowest BCUT2D eigenvalue weighted by Gasteiger charge is -2.49. The molecule has 0 aliphatic carbocycles. The second-order valence-corrected chi connectivity index (χ2v) is 11.9. The van der Waals surface area contributed by atoms with Crippen molar-refractivity contribution in [1.82, 2.24) is 30.4 Å². The lowest BCUT2D eigenvalue weighted by Crippen LogP contribution is -2.71. The normalized spacial score (nSPS) is 21.6. The van der Waals surface area contributed by atoms with E-state index in [1.54, 1.807) is 7.05 Å². The number of carboxylic acids is 1. The quantitative estimate of drug-likeness (QED) is 0.212. The number of aliphatic carboxylic acids is 1. The van der Waals surface area contributed by atoms with E-state index in [4.69, 9.17) is 4.74 Å². The number of carbonyl (C=O) groups is 3. The molecule has 2 amide bonds. The Morgan fingerprint density at radius 2 is 2.16 bits per heavy atom. The van der Waals surface area contributed by atoms with Gasteiger partial charge in [-0.25, -0.2) is 9.48 Å². The molecule has 0 bridgehead atoms. The summed E-state index contributed by atoms with van der Waals surface area (Å²) in [6.45, 7) is 0.419. The number of β-lactam (4-membered cyclic amide) rings is 1. The molecule has 196 valence electrons. The van der Waals surface area contributed by atoms with Crippen molar-refractivity contribution in [1.29, 1.82) is 0 Å². The van der Waals surface area contributed by atoms with Gasteiger partial charge in [-0.2, -0.15) is 8.42 Å². The second kappa shape index (κ2) is 9.62. The summed E-state index contributed by atoms with van der Waals surface area (Å²) in [4.78, 5) is 39.1. The highest BCUT2D eigenvalue weighted by Crippen LogP contribution is 2.42. The summed E-state index contributed by atoms with van der Waals surface area (Å²) in [7, 11) is -3.24. The van der Waals surface area contributed by atoms with Gasteiger partial charge in [0.15, 0.2) is 5.25 Å². The predicted molar refractivity (Wildman–Crippen MR) is 129 cm³/mol. The minimum Gasteiger partial charge on any atom is -0.493 e. The van der Waals surface area contributed by atoms with Crippen LogP contribution in [0.3, 0.4) is 0 Å². The number of amides is 2. The lowest BCUT2D eigenvalue weighted by atomic mass is 10.0. The van der Waals surface area contributed by atoms with E-state index in [2.05, 4.69) is 20.8 Å². The van der Waals surface area contributed by atoms with Crippen molar-refractivity contribution in [3.63, 3.8) is 0 Å². The number of fused-ring (bicyclic) bond motifs is 2. The maximum atomic E-state index is 13.0. The van der Waals surface area contributed by atoms with Crippen LogP contribution in [0.5, 0.6) is 5.75 Å². The Bertz CT molecular complexity index is 1440. The molecule has 1 aromatic carbocycles. The first-order chi connectivity index (χ1) is 17.6. The van der Waals surface area contributed by atoms with Crippen LogP contribution in [0.1, 0.15) is 16.4 Å². The molecule has 3 aliphatic rings. The highest BCUT2D eigenvalue weighted by atomic mass is 32.2. The van der Waals surface area contributed by atoms with Gasteiger partial charge < -0.3 is 15.2 Å².